The first-order chi connectivity index (χ1) is 10.9. The van der Waals surface area contributed by atoms with Gasteiger partial charge in [-0.25, -0.2) is 4.39 Å². The summed E-state index contributed by atoms with van der Waals surface area (Å²) in [6.45, 7) is 2.95. The Balaban J connectivity index is 0.00000208. The van der Waals surface area contributed by atoms with Crippen molar-refractivity contribution in [2.75, 3.05) is 26.2 Å². The van der Waals surface area contributed by atoms with E-state index in [0.717, 1.165) is 24.7 Å². The largest absolute Gasteiger partial charge is 0.416 e. The molecule has 24 heavy (non-hydrogen) atoms. The highest BCUT2D eigenvalue weighted by molar-refractivity contribution is 7.08. The standard InChI is InChI=1S/C16H16F4N2S.ClH/c17-14-8-12(7-13(9-14)16(18,19)20)15(11-1-6-23-10-11)22-4-2-21-3-5-22;/h1,6-10,15,21H,2-5H2;1H/t15-;/m1./s1. The van der Waals surface area contributed by atoms with Crippen molar-refractivity contribution in [3.05, 3.63) is 57.5 Å². The van der Waals surface area contributed by atoms with Crippen LogP contribution >= 0.6 is 23.7 Å². The molecule has 0 unspecified atom stereocenters. The first kappa shape index (κ1) is 19.2. The smallest absolute Gasteiger partial charge is 0.314 e. The third-order valence-electron chi connectivity index (χ3n) is 3.94. The number of benzene rings is 1. The van der Waals surface area contributed by atoms with Gasteiger partial charge in [-0.15, -0.1) is 12.4 Å². The molecule has 0 radical (unpaired) electrons. The van der Waals surface area contributed by atoms with Gasteiger partial charge in [0.15, 0.2) is 0 Å². The van der Waals surface area contributed by atoms with E-state index < -0.39 is 17.6 Å². The second-order valence-electron chi connectivity index (χ2n) is 5.52. The van der Waals surface area contributed by atoms with Crippen LogP contribution in [-0.2, 0) is 6.18 Å². The molecule has 0 spiro atoms. The van der Waals surface area contributed by atoms with Gasteiger partial charge in [0.2, 0.25) is 0 Å². The maximum Gasteiger partial charge on any atom is 0.416 e. The molecule has 1 aromatic carbocycles. The van der Waals surface area contributed by atoms with Gasteiger partial charge in [-0.3, -0.25) is 4.90 Å². The molecule has 1 aliphatic rings. The van der Waals surface area contributed by atoms with Crippen molar-refractivity contribution in [1.82, 2.24) is 10.2 Å². The molecule has 0 saturated carbocycles. The number of piperazine rings is 1. The normalized spacial score (nSPS) is 17.3. The number of hydrogen-bond acceptors (Lipinski definition) is 3. The first-order valence-corrected chi connectivity index (χ1v) is 8.24. The van der Waals surface area contributed by atoms with Gasteiger partial charge in [0.05, 0.1) is 11.6 Å². The topological polar surface area (TPSA) is 15.3 Å². The van der Waals surface area contributed by atoms with E-state index >= 15 is 0 Å². The molecule has 1 saturated heterocycles. The third-order valence-corrected chi connectivity index (χ3v) is 4.64. The molecule has 1 atom stereocenters. The Morgan fingerprint density at radius 2 is 1.79 bits per heavy atom. The highest BCUT2D eigenvalue weighted by Gasteiger charge is 2.33. The van der Waals surface area contributed by atoms with Crippen LogP contribution in [0.15, 0.2) is 35.0 Å². The van der Waals surface area contributed by atoms with Gasteiger partial charge >= 0.3 is 6.18 Å². The van der Waals surface area contributed by atoms with Crippen molar-refractivity contribution in [2.45, 2.75) is 12.2 Å². The number of thiophene rings is 1. The van der Waals surface area contributed by atoms with Crippen LogP contribution in [0.3, 0.4) is 0 Å². The minimum absolute atomic E-state index is 0. The van der Waals surface area contributed by atoms with Crippen LogP contribution in [0.5, 0.6) is 0 Å². The summed E-state index contributed by atoms with van der Waals surface area (Å²) in [4.78, 5) is 2.09. The van der Waals surface area contributed by atoms with Crippen molar-refractivity contribution in [1.29, 1.82) is 0 Å². The molecule has 1 aliphatic heterocycles. The van der Waals surface area contributed by atoms with E-state index in [1.165, 1.54) is 17.4 Å². The zero-order valence-electron chi connectivity index (χ0n) is 12.6. The Morgan fingerprint density at radius 1 is 1.08 bits per heavy atom. The second-order valence-corrected chi connectivity index (χ2v) is 6.30. The lowest BCUT2D eigenvalue weighted by atomic mass is 9.96. The van der Waals surface area contributed by atoms with E-state index in [1.807, 2.05) is 16.8 Å². The fourth-order valence-corrected chi connectivity index (χ4v) is 3.60. The van der Waals surface area contributed by atoms with Gasteiger partial charge in [-0.05, 0) is 46.2 Å². The number of alkyl halides is 3. The molecule has 2 nitrogen and oxygen atoms in total. The van der Waals surface area contributed by atoms with E-state index in [0.29, 0.717) is 24.7 Å². The van der Waals surface area contributed by atoms with Crippen molar-refractivity contribution < 1.29 is 17.6 Å². The number of hydrogen-bond donors (Lipinski definition) is 1. The summed E-state index contributed by atoms with van der Waals surface area (Å²) in [5, 5.41) is 7.01. The van der Waals surface area contributed by atoms with Crippen LogP contribution in [0.4, 0.5) is 17.6 Å². The molecule has 132 valence electrons. The minimum Gasteiger partial charge on any atom is -0.314 e. The zero-order valence-corrected chi connectivity index (χ0v) is 14.3. The minimum atomic E-state index is -4.56. The quantitative estimate of drug-likeness (QED) is 0.798. The summed E-state index contributed by atoms with van der Waals surface area (Å²) in [5.74, 6) is -0.856. The number of nitrogens with zero attached hydrogens (tertiary/aromatic N) is 1. The van der Waals surface area contributed by atoms with Crippen LogP contribution < -0.4 is 5.32 Å². The van der Waals surface area contributed by atoms with Gasteiger partial charge < -0.3 is 5.32 Å². The number of rotatable bonds is 3. The second kappa shape index (κ2) is 7.82. The van der Waals surface area contributed by atoms with Gasteiger partial charge in [-0.2, -0.15) is 24.5 Å². The summed E-state index contributed by atoms with van der Waals surface area (Å²) in [6.07, 6.45) is -4.56. The van der Waals surface area contributed by atoms with Crippen LogP contribution in [0.25, 0.3) is 0 Å². The average Bonchev–Trinajstić information content (AvgIpc) is 3.01. The number of halogens is 5. The van der Waals surface area contributed by atoms with E-state index in [2.05, 4.69) is 10.2 Å². The lowest BCUT2D eigenvalue weighted by molar-refractivity contribution is -0.137. The molecular formula is C16H17ClF4N2S. The Morgan fingerprint density at radius 3 is 2.38 bits per heavy atom. The maximum absolute atomic E-state index is 13.8. The van der Waals surface area contributed by atoms with Gasteiger partial charge in [0.25, 0.3) is 0 Å². The molecule has 1 N–H and O–H groups in total. The van der Waals surface area contributed by atoms with Crippen molar-refractivity contribution in [3.63, 3.8) is 0 Å². The van der Waals surface area contributed by atoms with Gasteiger partial charge in [0, 0.05) is 26.2 Å². The summed E-state index contributed by atoms with van der Waals surface area (Å²) in [6, 6.07) is 4.34. The Hall–Kier alpha value is -1.15. The van der Waals surface area contributed by atoms with Crippen molar-refractivity contribution in [3.8, 4) is 0 Å². The Labute approximate surface area is 147 Å². The van der Waals surface area contributed by atoms with E-state index in [1.54, 1.807) is 0 Å². The highest BCUT2D eigenvalue weighted by Crippen LogP contribution is 2.36. The molecule has 1 fully saturated rings. The maximum atomic E-state index is 13.8. The van der Waals surface area contributed by atoms with E-state index in [-0.39, 0.29) is 18.4 Å². The average molecular weight is 381 g/mol. The zero-order chi connectivity index (χ0) is 16.4. The molecule has 0 aliphatic carbocycles. The molecule has 2 heterocycles. The summed E-state index contributed by atoms with van der Waals surface area (Å²) < 4.78 is 52.8. The summed E-state index contributed by atoms with van der Waals surface area (Å²) in [7, 11) is 0. The lowest BCUT2D eigenvalue weighted by Gasteiger charge is -2.35. The first-order valence-electron chi connectivity index (χ1n) is 7.30. The third kappa shape index (κ3) is 4.27. The van der Waals surface area contributed by atoms with Crippen molar-refractivity contribution >= 4 is 23.7 Å². The lowest BCUT2D eigenvalue weighted by Crippen LogP contribution is -2.45. The SMILES string of the molecule is Cl.Fc1cc([C@@H](c2ccsc2)N2CCNCC2)cc(C(F)(F)F)c1. The molecule has 0 amide bonds. The van der Waals surface area contributed by atoms with Crippen LogP contribution in [0.1, 0.15) is 22.7 Å². The number of nitrogens with one attached hydrogen (secondary N) is 1. The van der Waals surface area contributed by atoms with E-state index in [9.17, 15) is 17.6 Å². The molecule has 3 rings (SSSR count). The Bertz CT molecular complexity index is 655. The summed E-state index contributed by atoms with van der Waals surface area (Å²) >= 11 is 1.48. The van der Waals surface area contributed by atoms with Crippen LogP contribution in [0, 0.1) is 5.82 Å². The molecule has 8 heteroatoms. The van der Waals surface area contributed by atoms with Crippen LogP contribution in [-0.4, -0.2) is 31.1 Å². The predicted molar refractivity (Wildman–Crippen MR) is 89.3 cm³/mol. The van der Waals surface area contributed by atoms with Gasteiger partial charge in [-0.1, -0.05) is 0 Å². The monoisotopic (exact) mass is 380 g/mol. The van der Waals surface area contributed by atoms with Gasteiger partial charge in [0.1, 0.15) is 5.82 Å². The fourth-order valence-electron chi connectivity index (χ4n) is 2.92. The highest BCUT2D eigenvalue weighted by atomic mass is 35.5. The molecule has 2 aromatic rings. The predicted octanol–water partition coefficient (Wildman–Crippen LogP) is 4.32. The van der Waals surface area contributed by atoms with Crippen LogP contribution in [0.2, 0.25) is 0 Å². The molecular weight excluding hydrogens is 364 g/mol. The van der Waals surface area contributed by atoms with E-state index in [4.69, 9.17) is 0 Å². The fraction of sp³-hybridized carbons (Fsp3) is 0.375. The Kier molecular flexibility index (Phi) is 6.25. The molecule has 0 bridgehead atoms. The molecule has 1 aromatic heterocycles. The summed E-state index contributed by atoms with van der Waals surface area (Å²) in [5.41, 5.74) is 0.302. The van der Waals surface area contributed by atoms with Crippen molar-refractivity contribution in [2.24, 2.45) is 0 Å².